The average molecular weight is 306 g/mol. The van der Waals surface area contributed by atoms with Crippen LogP contribution in [0.1, 0.15) is 25.3 Å². The molecule has 1 aromatic heterocycles. The second-order valence-corrected chi connectivity index (χ2v) is 5.66. The van der Waals surface area contributed by atoms with Crippen LogP contribution in [0.3, 0.4) is 0 Å². The van der Waals surface area contributed by atoms with Gasteiger partial charge in [-0.1, -0.05) is 38.1 Å². The number of carbonyl (C=O) groups excluding carboxylic acids is 1. The minimum absolute atomic E-state index is 0.417. The monoisotopic (exact) mass is 306 g/mol. The Hall–Kier alpha value is -2.88. The van der Waals surface area contributed by atoms with Crippen molar-refractivity contribution in [1.29, 1.82) is 0 Å². The van der Waals surface area contributed by atoms with Crippen LogP contribution in [0.15, 0.2) is 54.7 Å². The van der Waals surface area contributed by atoms with E-state index in [1.807, 2.05) is 18.3 Å². The highest BCUT2D eigenvalue weighted by molar-refractivity contribution is 5.65. The summed E-state index contributed by atoms with van der Waals surface area (Å²) in [4.78, 5) is 18.1. The highest BCUT2D eigenvalue weighted by atomic mass is 16.5. The fourth-order valence-corrected chi connectivity index (χ4v) is 2.41. The van der Waals surface area contributed by atoms with E-state index >= 15 is 0 Å². The molecule has 2 aromatic carbocycles. The van der Waals surface area contributed by atoms with Crippen molar-refractivity contribution < 1.29 is 9.53 Å². The number of carbonyl (C=O) groups is 1. The highest BCUT2D eigenvalue weighted by Crippen LogP contribution is 2.25. The Labute approximate surface area is 135 Å². The molecule has 0 unspecified atom stereocenters. The number of hydrogen-bond acceptors (Lipinski definition) is 3. The predicted octanol–water partition coefficient (Wildman–Crippen LogP) is 4.40. The number of H-pyrrole nitrogens is 1. The summed E-state index contributed by atoms with van der Waals surface area (Å²) in [6, 6.07) is 15.7. The summed E-state index contributed by atoms with van der Waals surface area (Å²) in [5, 5.41) is 0. The average Bonchev–Trinajstić information content (AvgIpc) is 3.06. The van der Waals surface area contributed by atoms with Gasteiger partial charge in [-0.2, -0.15) is 0 Å². The first-order valence-corrected chi connectivity index (χ1v) is 7.53. The highest BCUT2D eigenvalue weighted by Gasteiger charge is 2.07. The van der Waals surface area contributed by atoms with Gasteiger partial charge in [-0.25, -0.2) is 4.98 Å². The van der Waals surface area contributed by atoms with Crippen LogP contribution >= 0.6 is 0 Å². The molecule has 0 aliphatic heterocycles. The predicted molar refractivity (Wildman–Crippen MR) is 90.2 cm³/mol. The fourth-order valence-electron chi connectivity index (χ4n) is 2.41. The van der Waals surface area contributed by atoms with E-state index in [0.717, 1.165) is 22.6 Å². The van der Waals surface area contributed by atoms with Gasteiger partial charge >= 0.3 is 0 Å². The molecule has 0 spiro atoms. The zero-order valence-electron chi connectivity index (χ0n) is 13.1. The third-order valence-corrected chi connectivity index (χ3v) is 3.78. The lowest BCUT2D eigenvalue weighted by molar-refractivity contribution is -0.120. The van der Waals surface area contributed by atoms with Crippen LogP contribution in [-0.4, -0.2) is 16.4 Å². The van der Waals surface area contributed by atoms with Crippen molar-refractivity contribution in [2.75, 3.05) is 0 Å². The molecule has 0 saturated carbocycles. The second-order valence-electron chi connectivity index (χ2n) is 5.66. The number of rotatable bonds is 5. The van der Waals surface area contributed by atoms with Crippen LogP contribution in [0, 0.1) is 0 Å². The molecule has 0 aliphatic rings. The summed E-state index contributed by atoms with van der Waals surface area (Å²) < 4.78 is 4.79. The molecule has 0 atom stereocenters. The van der Waals surface area contributed by atoms with Crippen molar-refractivity contribution in [1.82, 2.24) is 9.97 Å². The van der Waals surface area contributed by atoms with Gasteiger partial charge in [0.15, 0.2) is 0 Å². The molecule has 0 saturated heterocycles. The third kappa shape index (κ3) is 3.31. The normalized spacial score (nSPS) is 10.7. The Bertz CT molecular complexity index is 787. The Kier molecular flexibility index (Phi) is 4.24. The fraction of sp³-hybridized carbons (Fsp3) is 0.158. The first kappa shape index (κ1) is 15.0. The van der Waals surface area contributed by atoms with E-state index in [1.165, 1.54) is 5.56 Å². The number of nitrogens with one attached hydrogen (secondary N) is 1. The van der Waals surface area contributed by atoms with Gasteiger partial charge in [0.2, 0.25) is 0 Å². The standard InChI is InChI=1S/C19H18N2O2/c1-13(2)14-3-5-15(6-4-14)18-11-20-19(21-18)16-7-9-17(10-8-16)23-12-22/h3-13H,1-2H3,(H,20,21). The van der Waals surface area contributed by atoms with Crippen LogP contribution in [-0.2, 0) is 4.79 Å². The number of benzene rings is 2. The molecular formula is C19H18N2O2. The Balaban J connectivity index is 1.83. The van der Waals surface area contributed by atoms with Gasteiger partial charge in [0.1, 0.15) is 11.6 Å². The van der Waals surface area contributed by atoms with E-state index in [0.29, 0.717) is 18.1 Å². The molecule has 4 heteroatoms. The van der Waals surface area contributed by atoms with Crippen LogP contribution in [0.4, 0.5) is 0 Å². The van der Waals surface area contributed by atoms with E-state index < -0.39 is 0 Å². The van der Waals surface area contributed by atoms with Gasteiger partial charge in [-0.15, -0.1) is 0 Å². The van der Waals surface area contributed by atoms with Crippen LogP contribution < -0.4 is 4.74 Å². The first-order valence-electron chi connectivity index (χ1n) is 7.53. The molecule has 3 aromatic rings. The Morgan fingerprint density at radius 1 is 1.00 bits per heavy atom. The van der Waals surface area contributed by atoms with Crippen LogP contribution in [0.2, 0.25) is 0 Å². The van der Waals surface area contributed by atoms with Crippen molar-refractivity contribution in [2.24, 2.45) is 0 Å². The minimum Gasteiger partial charge on any atom is -0.429 e. The van der Waals surface area contributed by atoms with Gasteiger partial charge in [0.05, 0.1) is 11.9 Å². The topological polar surface area (TPSA) is 55.0 Å². The maximum absolute atomic E-state index is 10.3. The van der Waals surface area contributed by atoms with Gasteiger partial charge in [0.25, 0.3) is 6.47 Å². The van der Waals surface area contributed by atoms with Gasteiger partial charge in [0, 0.05) is 5.56 Å². The zero-order chi connectivity index (χ0) is 16.2. The summed E-state index contributed by atoms with van der Waals surface area (Å²) in [7, 11) is 0. The molecule has 0 bridgehead atoms. The first-order chi connectivity index (χ1) is 11.2. The second kappa shape index (κ2) is 6.48. The van der Waals surface area contributed by atoms with E-state index in [-0.39, 0.29) is 0 Å². The number of aromatic nitrogens is 2. The molecule has 1 heterocycles. The lowest BCUT2D eigenvalue weighted by Gasteiger charge is -2.05. The number of aromatic amines is 1. The summed E-state index contributed by atoms with van der Waals surface area (Å²) >= 11 is 0. The maximum atomic E-state index is 10.3. The summed E-state index contributed by atoms with van der Waals surface area (Å²) in [6.07, 6.45) is 1.83. The van der Waals surface area contributed by atoms with Crippen molar-refractivity contribution in [2.45, 2.75) is 19.8 Å². The summed E-state index contributed by atoms with van der Waals surface area (Å²) in [6.45, 7) is 4.78. The molecule has 0 aliphatic carbocycles. The zero-order valence-corrected chi connectivity index (χ0v) is 13.1. The van der Waals surface area contributed by atoms with E-state index in [1.54, 1.807) is 12.1 Å². The van der Waals surface area contributed by atoms with E-state index in [9.17, 15) is 4.79 Å². The number of imidazole rings is 1. The van der Waals surface area contributed by atoms with Gasteiger partial charge in [-0.3, -0.25) is 4.79 Å². The molecule has 0 fully saturated rings. The summed E-state index contributed by atoms with van der Waals surface area (Å²) in [5.41, 5.74) is 4.34. The third-order valence-electron chi connectivity index (χ3n) is 3.78. The lowest BCUT2D eigenvalue weighted by Crippen LogP contribution is -1.88. The molecule has 23 heavy (non-hydrogen) atoms. The minimum atomic E-state index is 0.417. The molecule has 116 valence electrons. The molecule has 0 amide bonds. The largest absolute Gasteiger partial charge is 0.429 e. The summed E-state index contributed by atoms with van der Waals surface area (Å²) in [5.74, 6) is 1.82. The van der Waals surface area contributed by atoms with Gasteiger partial charge in [-0.05, 0) is 41.3 Å². The maximum Gasteiger partial charge on any atom is 0.298 e. The quantitative estimate of drug-likeness (QED) is 0.711. The van der Waals surface area contributed by atoms with Crippen LogP contribution in [0.25, 0.3) is 22.6 Å². The number of nitrogens with zero attached hydrogens (tertiary/aromatic N) is 1. The molecule has 4 nitrogen and oxygen atoms in total. The molecule has 0 radical (unpaired) electrons. The van der Waals surface area contributed by atoms with E-state index in [4.69, 9.17) is 4.74 Å². The van der Waals surface area contributed by atoms with Crippen molar-refractivity contribution in [3.05, 3.63) is 60.3 Å². The molecule has 1 N–H and O–H groups in total. The number of hydrogen-bond donors (Lipinski definition) is 1. The molecule has 3 rings (SSSR count). The Morgan fingerprint density at radius 3 is 2.26 bits per heavy atom. The lowest BCUT2D eigenvalue weighted by atomic mass is 10.0. The van der Waals surface area contributed by atoms with Crippen molar-refractivity contribution >= 4 is 6.47 Å². The van der Waals surface area contributed by atoms with Crippen molar-refractivity contribution in [3.63, 3.8) is 0 Å². The smallest absolute Gasteiger partial charge is 0.298 e. The Morgan fingerprint density at radius 2 is 1.65 bits per heavy atom. The van der Waals surface area contributed by atoms with Crippen LogP contribution in [0.5, 0.6) is 5.75 Å². The molecular weight excluding hydrogens is 288 g/mol. The van der Waals surface area contributed by atoms with Gasteiger partial charge < -0.3 is 9.72 Å². The van der Waals surface area contributed by atoms with Crippen molar-refractivity contribution in [3.8, 4) is 28.4 Å². The SMILES string of the molecule is CC(C)c1ccc(-c2cnc(-c3ccc(OC=O)cc3)[nH]2)cc1. The van der Waals surface area contributed by atoms with E-state index in [2.05, 4.69) is 48.1 Å². The number of ether oxygens (including phenoxy) is 1.